The molecule has 0 saturated heterocycles. The minimum Gasteiger partial charge on any atom is -0.508 e. The highest BCUT2D eigenvalue weighted by atomic mass is 19.4. The van der Waals surface area contributed by atoms with Crippen molar-refractivity contribution in [2.75, 3.05) is 32.9 Å². The Morgan fingerprint density at radius 1 is 1.18 bits per heavy atom. The number of pyridine rings is 1. The van der Waals surface area contributed by atoms with E-state index in [4.69, 9.17) is 9.47 Å². The lowest BCUT2D eigenvalue weighted by molar-refractivity contribution is -0.155. The van der Waals surface area contributed by atoms with Crippen molar-refractivity contribution in [1.29, 1.82) is 0 Å². The quantitative estimate of drug-likeness (QED) is 0.413. The number of fused-ring (bicyclic) bond motifs is 1. The molecule has 0 radical (unpaired) electrons. The Balaban J connectivity index is 1.74. The van der Waals surface area contributed by atoms with Crippen molar-refractivity contribution in [2.24, 2.45) is 0 Å². The van der Waals surface area contributed by atoms with E-state index in [1.807, 2.05) is 0 Å². The molecular weight excluding hydrogens is 506 g/mol. The number of halogens is 4. The van der Waals surface area contributed by atoms with E-state index < -0.39 is 43.2 Å². The van der Waals surface area contributed by atoms with Crippen LogP contribution in [0.2, 0.25) is 0 Å². The molecule has 0 bridgehead atoms. The fourth-order valence-corrected chi connectivity index (χ4v) is 4.47. The Bertz CT molecular complexity index is 1070. The summed E-state index contributed by atoms with van der Waals surface area (Å²) in [5, 5.41) is 9.90. The highest BCUT2D eigenvalue weighted by Crippen LogP contribution is 2.40. The van der Waals surface area contributed by atoms with Crippen LogP contribution in [0, 0.1) is 0 Å². The van der Waals surface area contributed by atoms with Gasteiger partial charge in [0.05, 0.1) is 37.7 Å². The number of aromatic nitrogens is 1. The summed E-state index contributed by atoms with van der Waals surface area (Å²) in [7, 11) is 0. The van der Waals surface area contributed by atoms with Crippen LogP contribution in [-0.2, 0) is 11.2 Å². The molecule has 1 aliphatic rings. The van der Waals surface area contributed by atoms with Gasteiger partial charge in [-0.25, -0.2) is 4.79 Å². The number of nitrogens with zero attached hydrogens (tertiary/aromatic N) is 3. The maximum atomic E-state index is 13.5. The molecule has 0 unspecified atom stereocenters. The molecule has 38 heavy (non-hydrogen) atoms. The molecule has 2 atom stereocenters. The van der Waals surface area contributed by atoms with Crippen molar-refractivity contribution in [3.05, 3.63) is 53.3 Å². The number of benzene rings is 1. The number of rotatable bonds is 9. The summed E-state index contributed by atoms with van der Waals surface area (Å²) in [6.45, 7) is 5.71. The second-order valence-electron chi connectivity index (χ2n) is 10.4. The number of carbonyl (C=O) groups is 1. The third-order valence-electron chi connectivity index (χ3n) is 6.08. The third-order valence-corrected chi connectivity index (χ3v) is 6.08. The summed E-state index contributed by atoms with van der Waals surface area (Å²) in [6, 6.07) is 6.73. The summed E-state index contributed by atoms with van der Waals surface area (Å²) in [5.74, 6) is 0.433. The first kappa shape index (κ1) is 29.5. The average Bonchev–Trinajstić information content (AvgIpc) is 2.80. The van der Waals surface area contributed by atoms with Crippen LogP contribution in [0.15, 0.2) is 36.5 Å². The van der Waals surface area contributed by atoms with E-state index >= 15 is 0 Å². The maximum Gasteiger partial charge on any atom is 0.410 e. The van der Waals surface area contributed by atoms with Gasteiger partial charge < -0.3 is 19.5 Å². The fraction of sp³-hybridized carbons (Fsp3) is 0.556. The SMILES string of the molecule is C[C@@H]1Cc2cc(O)ccc2[C@@H](c2ccc(OCCN(CCCF)C(=O)OC(C)(C)C)cn2)N1CC(F)(F)F. The number of carbonyl (C=O) groups excluding carboxylic acids is 1. The summed E-state index contributed by atoms with van der Waals surface area (Å²) in [5.41, 5.74) is 1.16. The molecule has 3 rings (SSSR count). The molecule has 2 heterocycles. The molecule has 0 aliphatic carbocycles. The van der Waals surface area contributed by atoms with Gasteiger partial charge in [-0.05, 0) is 75.9 Å². The van der Waals surface area contributed by atoms with Gasteiger partial charge in [0, 0.05) is 12.6 Å². The first-order valence-electron chi connectivity index (χ1n) is 12.5. The molecule has 1 amide bonds. The highest BCUT2D eigenvalue weighted by molar-refractivity contribution is 5.68. The summed E-state index contributed by atoms with van der Waals surface area (Å²) in [4.78, 5) is 19.6. The van der Waals surface area contributed by atoms with E-state index in [0.717, 1.165) is 5.56 Å². The van der Waals surface area contributed by atoms with Crippen LogP contribution >= 0.6 is 0 Å². The number of phenols is 1. The lowest BCUT2D eigenvalue weighted by Crippen LogP contribution is -2.47. The van der Waals surface area contributed by atoms with Gasteiger partial charge in [0.15, 0.2) is 0 Å². The van der Waals surface area contributed by atoms with Crippen molar-refractivity contribution in [2.45, 2.75) is 64.4 Å². The topological polar surface area (TPSA) is 75.1 Å². The number of hydrogen-bond acceptors (Lipinski definition) is 6. The normalized spacial score (nSPS) is 18.1. The third kappa shape index (κ3) is 8.21. The number of alkyl halides is 4. The minimum atomic E-state index is -4.40. The number of amides is 1. The van der Waals surface area contributed by atoms with E-state index in [2.05, 4.69) is 4.98 Å². The Labute approximate surface area is 220 Å². The van der Waals surface area contributed by atoms with Crippen LogP contribution in [0.4, 0.5) is 22.4 Å². The van der Waals surface area contributed by atoms with Crippen LogP contribution in [0.1, 0.15) is 57.0 Å². The Morgan fingerprint density at radius 2 is 1.92 bits per heavy atom. The summed E-state index contributed by atoms with van der Waals surface area (Å²) >= 11 is 0. The van der Waals surface area contributed by atoms with Gasteiger partial charge in [-0.15, -0.1) is 0 Å². The molecule has 0 saturated carbocycles. The van der Waals surface area contributed by atoms with E-state index in [0.29, 0.717) is 23.4 Å². The van der Waals surface area contributed by atoms with Crippen molar-refractivity contribution in [3.8, 4) is 11.5 Å². The second-order valence-corrected chi connectivity index (χ2v) is 10.4. The predicted molar refractivity (Wildman–Crippen MR) is 134 cm³/mol. The summed E-state index contributed by atoms with van der Waals surface area (Å²) in [6.07, 6.45) is -2.99. The predicted octanol–water partition coefficient (Wildman–Crippen LogP) is 5.66. The van der Waals surface area contributed by atoms with Crippen molar-refractivity contribution in [3.63, 3.8) is 0 Å². The van der Waals surface area contributed by atoms with Crippen LogP contribution in [0.5, 0.6) is 11.5 Å². The van der Waals surface area contributed by atoms with E-state index in [9.17, 15) is 27.5 Å². The Hall–Kier alpha value is -3.08. The van der Waals surface area contributed by atoms with Gasteiger partial charge in [0.1, 0.15) is 23.7 Å². The van der Waals surface area contributed by atoms with Crippen LogP contribution in [-0.4, -0.2) is 76.7 Å². The van der Waals surface area contributed by atoms with Gasteiger partial charge in [-0.2, -0.15) is 13.2 Å². The molecule has 0 spiro atoms. The van der Waals surface area contributed by atoms with Gasteiger partial charge in [0.2, 0.25) is 0 Å². The molecule has 1 aromatic carbocycles. The second kappa shape index (κ2) is 12.2. The largest absolute Gasteiger partial charge is 0.508 e. The van der Waals surface area contributed by atoms with Crippen molar-refractivity contribution >= 4 is 6.09 Å². The molecule has 7 nitrogen and oxygen atoms in total. The standard InChI is InChI=1S/C27H35F4N3O4/c1-18-14-19-15-20(35)6-8-22(19)24(34(18)17-27(29,30)31)23-9-7-21(16-32-23)37-13-12-33(11-5-10-28)25(36)38-26(2,3)4/h6-9,15-16,18,24,35H,5,10-14,17H2,1-4H3/t18-,24+/m1/s1. The zero-order valence-corrected chi connectivity index (χ0v) is 22.1. The van der Waals surface area contributed by atoms with E-state index in [1.54, 1.807) is 52.0 Å². The Kier molecular flexibility index (Phi) is 9.45. The van der Waals surface area contributed by atoms with Gasteiger partial charge >= 0.3 is 12.3 Å². The molecule has 0 fully saturated rings. The maximum absolute atomic E-state index is 13.5. The molecule has 11 heteroatoms. The van der Waals surface area contributed by atoms with E-state index in [1.165, 1.54) is 22.1 Å². The van der Waals surface area contributed by atoms with Gasteiger partial charge in [-0.1, -0.05) is 6.07 Å². The van der Waals surface area contributed by atoms with Gasteiger partial charge in [-0.3, -0.25) is 14.3 Å². The number of aromatic hydroxyl groups is 1. The van der Waals surface area contributed by atoms with E-state index in [-0.39, 0.29) is 31.9 Å². The molecule has 1 N–H and O–H groups in total. The zero-order chi connectivity index (χ0) is 28.1. The molecule has 2 aromatic rings. The van der Waals surface area contributed by atoms with Gasteiger partial charge in [0.25, 0.3) is 0 Å². The average molecular weight is 542 g/mol. The first-order valence-corrected chi connectivity index (χ1v) is 12.5. The lowest BCUT2D eigenvalue weighted by Gasteiger charge is -2.42. The Morgan fingerprint density at radius 3 is 2.53 bits per heavy atom. The number of hydrogen-bond donors (Lipinski definition) is 1. The molecule has 1 aliphatic heterocycles. The highest BCUT2D eigenvalue weighted by Gasteiger charge is 2.41. The zero-order valence-electron chi connectivity index (χ0n) is 22.1. The van der Waals surface area contributed by atoms with Crippen LogP contribution in [0.25, 0.3) is 0 Å². The monoisotopic (exact) mass is 541 g/mol. The first-order chi connectivity index (χ1) is 17.8. The smallest absolute Gasteiger partial charge is 0.410 e. The number of phenolic OH excluding ortho intramolecular Hbond substituents is 1. The van der Waals surface area contributed by atoms with Crippen molar-refractivity contribution in [1.82, 2.24) is 14.8 Å². The molecule has 210 valence electrons. The van der Waals surface area contributed by atoms with Crippen LogP contribution < -0.4 is 4.74 Å². The molecule has 1 aromatic heterocycles. The lowest BCUT2D eigenvalue weighted by atomic mass is 9.86. The molecular formula is C27H35F4N3O4. The van der Waals surface area contributed by atoms with Crippen molar-refractivity contribution < 1.29 is 36.9 Å². The number of ether oxygens (including phenoxy) is 2. The summed E-state index contributed by atoms with van der Waals surface area (Å²) < 4.78 is 64.2. The van der Waals surface area contributed by atoms with Crippen LogP contribution in [0.3, 0.4) is 0 Å². The minimum absolute atomic E-state index is 0.0580. The fourth-order valence-electron chi connectivity index (χ4n) is 4.47.